The van der Waals surface area contributed by atoms with Crippen molar-refractivity contribution in [2.45, 2.75) is 79.1 Å². The van der Waals surface area contributed by atoms with Crippen LogP contribution in [0.4, 0.5) is 0 Å². The van der Waals surface area contributed by atoms with Crippen LogP contribution in [0.3, 0.4) is 0 Å². The molecule has 0 amide bonds. The van der Waals surface area contributed by atoms with Crippen LogP contribution in [-0.4, -0.2) is 32.6 Å². The van der Waals surface area contributed by atoms with Gasteiger partial charge in [-0.25, -0.2) is 0 Å². The van der Waals surface area contributed by atoms with Gasteiger partial charge in [-0.3, -0.25) is 10.9 Å². The minimum absolute atomic E-state index is 0. The van der Waals surface area contributed by atoms with Crippen LogP contribution in [-0.2, 0) is 21.1 Å². The van der Waals surface area contributed by atoms with Crippen molar-refractivity contribution in [3.05, 3.63) is 0 Å². The van der Waals surface area contributed by atoms with Crippen molar-refractivity contribution in [3.8, 4) is 0 Å². The van der Waals surface area contributed by atoms with Crippen molar-refractivity contribution in [1.29, 1.82) is 0 Å². The van der Waals surface area contributed by atoms with E-state index >= 15 is 0 Å². The molecule has 0 aliphatic rings. The standard InChI is InChI=1S/2C9H18N2S2.Pt/c2*1-4-6-8(7-5-2)10-11-9(12)13-3;/h2*4-7H2,1-3H3,(H,11,12);. The van der Waals surface area contributed by atoms with E-state index in [1.807, 2.05) is 12.5 Å². The first-order chi connectivity index (χ1) is 12.5. The molecule has 0 unspecified atom stereocenters. The van der Waals surface area contributed by atoms with Crippen LogP contribution >= 0.6 is 48.0 Å². The summed E-state index contributed by atoms with van der Waals surface area (Å²) in [6, 6.07) is 0. The third-order valence-electron chi connectivity index (χ3n) is 3.14. The third kappa shape index (κ3) is 22.7. The average Bonchev–Trinajstić information content (AvgIpc) is 2.64. The van der Waals surface area contributed by atoms with Gasteiger partial charge in [0.05, 0.1) is 0 Å². The molecule has 0 spiro atoms. The van der Waals surface area contributed by atoms with E-state index in [0.717, 1.165) is 60.0 Å². The Bertz CT molecular complexity index is 387. The van der Waals surface area contributed by atoms with E-state index in [0.29, 0.717) is 0 Å². The van der Waals surface area contributed by atoms with E-state index in [4.69, 9.17) is 24.4 Å². The number of rotatable bonds is 10. The topological polar surface area (TPSA) is 48.8 Å². The van der Waals surface area contributed by atoms with Gasteiger partial charge in [-0.2, -0.15) is 10.2 Å². The molecular weight excluding hydrogens is 596 g/mol. The number of hydrazone groups is 2. The Kier molecular flexibility index (Phi) is 29.3. The van der Waals surface area contributed by atoms with Gasteiger partial charge in [0.2, 0.25) is 0 Å². The molecule has 0 radical (unpaired) electrons. The minimum Gasteiger partial charge on any atom is -0.262 e. The average molecular weight is 632 g/mol. The molecule has 0 saturated heterocycles. The number of nitrogens with zero attached hydrogens (tertiary/aromatic N) is 2. The fraction of sp³-hybridized carbons (Fsp3) is 0.778. The van der Waals surface area contributed by atoms with Crippen LogP contribution in [0.2, 0.25) is 0 Å². The molecule has 27 heavy (non-hydrogen) atoms. The van der Waals surface area contributed by atoms with Gasteiger partial charge in [-0.05, 0) is 38.2 Å². The summed E-state index contributed by atoms with van der Waals surface area (Å²) in [5.41, 5.74) is 8.22. The second-order valence-corrected chi connectivity index (χ2v) is 8.53. The molecule has 0 aliphatic carbocycles. The summed E-state index contributed by atoms with van der Waals surface area (Å²) in [6.45, 7) is 8.66. The summed E-state index contributed by atoms with van der Waals surface area (Å²) < 4.78 is 1.48. The Morgan fingerprint density at radius 2 is 0.926 bits per heavy atom. The Morgan fingerprint density at radius 3 is 1.11 bits per heavy atom. The number of hydrogen-bond acceptors (Lipinski definition) is 6. The van der Waals surface area contributed by atoms with Crippen LogP contribution in [0, 0.1) is 0 Å². The SMILES string of the molecule is CCCC(CCC)=NNC(=S)SC.CCCC(CCC)=NNC(=S)SC.[Pt]. The first-order valence-electron chi connectivity index (χ1n) is 9.27. The Balaban J connectivity index is -0.000000411. The second kappa shape index (κ2) is 24.5. The molecule has 0 heterocycles. The van der Waals surface area contributed by atoms with Gasteiger partial charge in [0, 0.05) is 32.5 Å². The molecule has 0 aromatic heterocycles. The third-order valence-corrected chi connectivity index (χ3v) is 5.24. The summed E-state index contributed by atoms with van der Waals surface area (Å²) in [4.78, 5) is 0. The maximum atomic E-state index is 4.99. The quantitative estimate of drug-likeness (QED) is 0.166. The molecule has 2 N–H and O–H groups in total. The van der Waals surface area contributed by atoms with Crippen molar-refractivity contribution in [3.63, 3.8) is 0 Å². The van der Waals surface area contributed by atoms with E-state index in [1.165, 1.54) is 34.9 Å². The molecule has 4 nitrogen and oxygen atoms in total. The van der Waals surface area contributed by atoms with E-state index in [-0.39, 0.29) is 21.1 Å². The summed E-state index contributed by atoms with van der Waals surface area (Å²) in [6.07, 6.45) is 12.7. The largest absolute Gasteiger partial charge is 0.262 e. The molecule has 0 rings (SSSR count). The Hall–Kier alpha value is 0.508. The fourth-order valence-corrected chi connectivity index (χ4v) is 2.33. The monoisotopic (exact) mass is 631 g/mol. The summed E-state index contributed by atoms with van der Waals surface area (Å²) >= 11 is 13.0. The molecule has 0 aromatic rings. The molecule has 0 atom stereocenters. The van der Waals surface area contributed by atoms with E-state index in [9.17, 15) is 0 Å². The Morgan fingerprint density at radius 1 is 0.667 bits per heavy atom. The summed E-state index contributed by atoms with van der Waals surface area (Å²) in [5.74, 6) is 0. The van der Waals surface area contributed by atoms with Crippen molar-refractivity contribution in [2.75, 3.05) is 12.5 Å². The summed E-state index contributed by atoms with van der Waals surface area (Å²) in [7, 11) is 0. The van der Waals surface area contributed by atoms with Crippen molar-refractivity contribution < 1.29 is 21.1 Å². The van der Waals surface area contributed by atoms with Gasteiger partial charge in [-0.1, -0.05) is 101 Å². The minimum atomic E-state index is 0. The zero-order chi connectivity index (χ0) is 20.2. The van der Waals surface area contributed by atoms with Crippen LogP contribution in [0.1, 0.15) is 79.1 Å². The van der Waals surface area contributed by atoms with Crippen LogP contribution in [0.5, 0.6) is 0 Å². The molecule has 0 fully saturated rings. The number of thioether (sulfide) groups is 2. The van der Waals surface area contributed by atoms with Crippen LogP contribution in [0.25, 0.3) is 0 Å². The number of thiocarbonyl (C=S) groups is 2. The molecule has 0 bridgehead atoms. The smallest absolute Gasteiger partial charge is 0.153 e. The first kappa shape index (κ1) is 32.2. The van der Waals surface area contributed by atoms with E-state index in [1.54, 1.807) is 0 Å². The molecule has 0 aromatic carbocycles. The van der Waals surface area contributed by atoms with Gasteiger partial charge in [0.25, 0.3) is 0 Å². The molecule has 162 valence electrons. The van der Waals surface area contributed by atoms with Crippen molar-refractivity contribution in [1.82, 2.24) is 10.9 Å². The van der Waals surface area contributed by atoms with Gasteiger partial charge in [0.15, 0.2) is 8.64 Å². The Labute approximate surface area is 200 Å². The van der Waals surface area contributed by atoms with Crippen molar-refractivity contribution in [2.24, 2.45) is 10.2 Å². The fourth-order valence-electron chi connectivity index (χ4n) is 1.97. The maximum Gasteiger partial charge on any atom is 0.153 e. The second-order valence-electron chi connectivity index (χ2n) is 5.56. The molecule has 0 saturated carbocycles. The van der Waals surface area contributed by atoms with Gasteiger partial charge in [0.1, 0.15) is 0 Å². The van der Waals surface area contributed by atoms with Crippen LogP contribution in [0.15, 0.2) is 10.2 Å². The zero-order valence-electron chi connectivity index (χ0n) is 17.5. The zero-order valence-corrected chi connectivity index (χ0v) is 23.0. The summed E-state index contributed by atoms with van der Waals surface area (Å²) in [5, 5.41) is 8.56. The van der Waals surface area contributed by atoms with Gasteiger partial charge in [-0.15, -0.1) is 0 Å². The predicted octanol–water partition coefficient (Wildman–Crippen LogP) is 6.36. The first-order valence-corrected chi connectivity index (χ1v) is 12.5. The van der Waals surface area contributed by atoms with E-state index < -0.39 is 0 Å². The maximum absolute atomic E-state index is 4.99. The van der Waals surface area contributed by atoms with E-state index in [2.05, 4.69) is 48.7 Å². The molecule has 9 heteroatoms. The predicted molar refractivity (Wildman–Crippen MR) is 133 cm³/mol. The number of hydrogen-bond donors (Lipinski definition) is 2. The molecule has 0 aliphatic heterocycles. The van der Waals surface area contributed by atoms with Gasteiger partial charge < -0.3 is 0 Å². The normalized spacial score (nSPS) is 9.11. The molecular formula is C18H36N4PtS4. The van der Waals surface area contributed by atoms with Gasteiger partial charge >= 0.3 is 0 Å². The van der Waals surface area contributed by atoms with Crippen molar-refractivity contribution >= 4 is 68.0 Å². The van der Waals surface area contributed by atoms with Crippen LogP contribution < -0.4 is 10.9 Å². The number of nitrogens with one attached hydrogen (secondary N) is 2.